The number of rotatable bonds is 6. The highest BCUT2D eigenvalue weighted by atomic mass is 32.2. The molecule has 0 bridgehead atoms. The van der Waals surface area contributed by atoms with Crippen molar-refractivity contribution in [2.75, 3.05) is 45.1 Å². The molecule has 1 aliphatic heterocycles. The van der Waals surface area contributed by atoms with Crippen LogP contribution in [0.25, 0.3) is 10.2 Å². The summed E-state index contributed by atoms with van der Waals surface area (Å²) < 4.78 is 28.1. The molecule has 2 heterocycles. The summed E-state index contributed by atoms with van der Waals surface area (Å²) in [6.45, 7) is 2.09. The highest BCUT2D eigenvalue weighted by Crippen LogP contribution is 2.29. The van der Waals surface area contributed by atoms with Gasteiger partial charge in [0.1, 0.15) is 0 Å². The Labute approximate surface area is 190 Å². The first-order valence-corrected chi connectivity index (χ1v) is 12.3. The predicted molar refractivity (Wildman–Crippen MR) is 123 cm³/mol. The number of hydrogen-bond donors (Lipinski definition) is 2. The minimum absolute atomic E-state index is 0.202. The van der Waals surface area contributed by atoms with Crippen molar-refractivity contribution in [3.8, 4) is 0 Å². The van der Waals surface area contributed by atoms with Crippen LogP contribution in [0, 0.1) is 0 Å². The molecule has 4 rings (SSSR count). The standard InChI is InChI=1S/C21H23N5O4S2/c1-25-9-11-26(12-10-25)32(29,30)16-7-8-17-18(13-16)31-21(23-17)24-19(27)14-22-20(28)15-5-3-2-4-6-15/h2-8,13H,9-12,14H2,1H3,(H,22,28)(H,23,24,27). The lowest BCUT2D eigenvalue weighted by atomic mass is 10.2. The number of likely N-dealkylation sites (N-methyl/N-ethyl adjacent to an activating group) is 1. The summed E-state index contributed by atoms with van der Waals surface area (Å²) in [7, 11) is -1.62. The van der Waals surface area contributed by atoms with Gasteiger partial charge in [0.2, 0.25) is 15.9 Å². The molecule has 0 saturated carbocycles. The Morgan fingerprint density at radius 3 is 2.50 bits per heavy atom. The second-order valence-electron chi connectivity index (χ2n) is 7.45. The van der Waals surface area contributed by atoms with Gasteiger partial charge >= 0.3 is 0 Å². The van der Waals surface area contributed by atoms with E-state index in [2.05, 4.69) is 20.5 Å². The van der Waals surface area contributed by atoms with E-state index in [1.165, 1.54) is 15.6 Å². The zero-order valence-corrected chi connectivity index (χ0v) is 19.1. The molecule has 1 saturated heterocycles. The fourth-order valence-electron chi connectivity index (χ4n) is 3.31. The molecule has 0 radical (unpaired) electrons. The minimum Gasteiger partial charge on any atom is -0.343 e. The number of benzene rings is 2. The van der Waals surface area contributed by atoms with Gasteiger partial charge in [0.05, 0.1) is 21.7 Å². The lowest BCUT2D eigenvalue weighted by Gasteiger charge is -2.31. The second-order valence-corrected chi connectivity index (χ2v) is 10.4. The van der Waals surface area contributed by atoms with Crippen LogP contribution < -0.4 is 10.6 Å². The molecule has 0 aliphatic carbocycles. The topological polar surface area (TPSA) is 112 Å². The van der Waals surface area contributed by atoms with Crippen molar-refractivity contribution in [2.45, 2.75) is 4.90 Å². The molecule has 3 aromatic rings. The van der Waals surface area contributed by atoms with Crippen LogP contribution in [0.3, 0.4) is 0 Å². The van der Waals surface area contributed by atoms with Gasteiger partial charge in [-0.15, -0.1) is 0 Å². The number of carbonyl (C=O) groups excluding carboxylic acids is 2. The van der Waals surface area contributed by atoms with E-state index < -0.39 is 15.9 Å². The van der Waals surface area contributed by atoms with E-state index in [0.717, 1.165) is 0 Å². The van der Waals surface area contributed by atoms with Gasteiger partial charge in [0.15, 0.2) is 5.13 Å². The molecular formula is C21H23N5O4S2. The summed E-state index contributed by atoms with van der Waals surface area (Å²) in [4.78, 5) is 30.9. The van der Waals surface area contributed by atoms with Crippen LogP contribution >= 0.6 is 11.3 Å². The smallest absolute Gasteiger partial charge is 0.251 e. The second kappa shape index (κ2) is 9.33. The molecule has 0 unspecified atom stereocenters. The van der Waals surface area contributed by atoms with Gasteiger partial charge in [-0.05, 0) is 37.4 Å². The van der Waals surface area contributed by atoms with Crippen LogP contribution in [0.15, 0.2) is 53.4 Å². The summed E-state index contributed by atoms with van der Waals surface area (Å²) in [6.07, 6.45) is 0. The van der Waals surface area contributed by atoms with Crippen LogP contribution in [0.2, 0.25) is 0 Å². The first kappa shape index (κ1) is 22.3. The van der Waals surface area contributed by atoms with E-state index in [1.807, 2.05) is 7.05 Å². The SMILES string of the molecule is CN1CCN(S(=O)(=O)c2ccc3nc(NC(=O)CNC(=O)c4ccccc4)sc3c2)CC1. The fraction of sp³-hybridized carbons (Fsp3) is 0.286. The van der Waals surface area contributed by atoms with Crippen molar-refractivity contribution < 1.29 is 18.0 Å². The zero-order chi connectivity index (χ0) is 22.7. The number of fused-ring (bicyclic) bond motifs is 1. The number of anilines is 1. The highest BCUT2D eigenvalue weighted by molar-refractivity contribution is 7.89. The van der Waals surface area contributed by atoms with Crippen LogP contribution in [0.5, 0.6) is 0 Å². The van der Waals surface area contributed by atoms with Gasteiger partial charge in [-0.2, -0.15) is 4.31 Å². The lowest BCUT2D eigenvalue weighted by molar-refractivity contribution is -0.115. The number of carbonyl (C=O) groups is 2. The average Bonchev–Trinajstić information content (AvgIpc) is 3.19. The predicted octanol–water partition coefficient (Wildman–Crippen LogP) is 1.60. The third-order valence-corrected chi connectivity index (χ3v) is 7.98. The van der Waals surface area contributed by atoms with E-state index >= 15 is 0 Å². The van der Waals surface area contributed by atoms with E-state index in [4.69, 9.17) is 0 Å². The number of hydrogen-bond acceptors (Lipinski definition) is 7. The molecule has 168 valence electrons. The van der Waals surface area contributed by atoms with Gasteiger partial charge < -0.3 is 15.5 Å². The van der Waals surface area contributed by atoms with Gasteiger partial charge in [0, 0.05) is 31.7 Å². The first-order chi connectivity index (χ1) is 15.3. The molecule has 0 spiro atoms. The Hall–Kier alpha value is -2.86. The van der Waals surface area contributed by atoms with E-state index in [-0.39, 0.29) is 17.3 Å². The van der Waals surface area contributed by atoms with Crippen LogP contribution in [0.1, 0.15) is 10.4 Å². The molecule has 2 amide bonds. The summed E-state index contributed by atoms with van der Waals surface area (Å²) in [5.74, 6) is -0.762. The van der Waals surface area contributed by atoms with E-state index in [0.29, 0.717) is 47.1 Å². The quantitative estimate of drug-likeness (QED) is 0.563. The van der Waals surface area contributed by atoms with E-state index in [9.17, 15) is 18.0 Å². The number of nitrogens with zero attached hydrogens (tertiary/aromatic N) is 3. The number of nitrogens with one attached hydrogen (secondary N) is 2. The molecule has 2 N–H and O–H groups in total. The molecule has 11 heteroatoms. The summed E-state index contributed by atoms with van der Waals surface area (Å²) >= 11 is 1.19. The molecule has 1 aromatic heterocycles. The molecule has 2 aromatic carbocycles. The van der Waals surface area contributed by atoms with Gasteiger partial charge in [0.25, 0.3) is 5.91 Å². The maximum absolute atomic E-state index is 13.0. The largest absolute Gasteiger partial charge is 0.343 e. The molecular weight excluding hydrogens is 450 g/mol. The Bertz CT molecular complexity index is 1240. The Kier molecular flexibility index (Phi) is 6.51. The number of sulfonamides is 1. The summed E-state index contributed by atoms with van der Waals surface area (Å²) in [5.41, 5.74) is 1.06. The van der Waals surface area contributed by atoms with Crippen molar-refractivity contribution in [3.05, 3.63) is 54.1 Å². The number of thiazole rings is 1. The Balaban J connectivity index is 1.41. The summed E-state index contributed by atoms with van der Waals surface area (Å²) in [6, 6.07) is 13.4. The molecule has 0 atom stereocenters. The summed E-state index contributed by atoms with van der Waals surface area (Å²) in [5, 5.41) is 5.55. The van der Waals surface area contributed by atoms with Crippen molar-refractivity contribution in [1.29, 1.82) is 0 Å². The monoisotopic (exact) mass is 473 g/mol. The first-order valence-electron chi connectivity index (χ1n) is 10.1. The molecule has 1 fully saturated rings. The lowest BCUT2D eigenvalue weighted by Crippen LogP contribution is -2.46. The average molecular weight is 474 g/mol. The Morgan fingerprint density at radius 2 is 1.78 bits per heavy atom. The maximum atomic E-state index is 13.0. The normalized spacial score (nSPS) is 15.5. The number of piperazine rings is 1. The zero-order valence-electron chi connectivity index (χ0n) is 17.4. The van der Waals surface area contributed by atoms with Gasteiger partial charge in [-0.1, -0.05) is 29.5 Å². The van der Waals surface area contributed by atoms with Crippen molar-refractivity contribution >= 4 is 48.5 Å². The third kappa shape index (κ3) is 4.96. The molecule has 1 aliphatic rings. The van der Waals surface area contributed by atoms with Gasteiger partial charge in [-0.3, -0.25) is 9.59 Å². The van der Waals surface area contributed by atoms with Crippen LogP contribution in [-0.4, -0.2) is 74.2 Å². The number of aromatic nitrogens is 1. The highest BCUT2D eigenvalue weighted by Gasteiger charge is 2.27. The maximum Gasteiger partial charge on any atom is 0.251 e. The fourth-order valence-corrected chi connectivity index (χ4v) is 5.76. The van der Waals surface area contributed by atoms with Crippen molar-refractivity contribution in [3.63, 3.8) is 0 Å². The molecule has 32 heavy (non-hydrogen) atoms. The third-order valence-electron chi connectivity index (χ3n) is 5.15. The van der Waals surface area contributed by atoms with Crippen LogP contribution in [-0.2, 0) is 14.8 Å². The van der Waals surface area contributed by atoms with Gasteiger partial charge in [-0.25, -0.2) is 13.4 Å². The van der Waals surface area contributed by atoms with E-state index in [1.54, 1.807) is 48.5 Å². The van der Waals surface area contributed by atoms with Crippen LogP contribution in [0.4, 0.5) is 5.13 Å². The molecule has 9 nitrogen and oxygen atoms in total. The van der Waals surface area contributed by atoms with Crippen molar-refractivity contribution in [2.24, 2.45) is 0 Å². The van der Waals surface area contributed by atoms with Crippen molar-refractivity contribution in [1.82, 2.24) is 19.5 Å². The Morgan fingerprint density at radius 1 is 1.06 bits per heavy atom. The number of amides is 2. The minimum atomic E-state index is -3.58.